The van der Waals surface area contributed by atoms with Crippen LogP contribution in [0.1, 0.15) is 54.2 Å². The van der Waals surface area contributed by atoms with E-state index in [9.17, 15) is 4.79 Å². The third kappa shape index (κ3) is 3.83. The predicted molar refractivity (Wildman–Crippen MR) is 120 cm³/mol. The van der Waals surface area contributed by atoms with Gasteiger partial charge in [-0.15, -0.1) is 0 Å². The quantitative estimate of drug-likeness (QED) is 0.756. The zero-order chi connectivity index (χ0) is 21.6. The second-order valence-electron chi connectivity index (χ2n) is 9.25. The van der Waals surface area contributed by atoms with Gasteiger partial charge in [0.05, 0.1) is 24.0 Å². The van der Waals surface area contributed by atoms with Crippen LogP contribution in [0.2, 0.25) is 5.02 Å². The first-order valence-corrected chi connectivity index (χ1v) is 11.6. The van der Waals surface area contributed by atoms with Crippen LogP contribution in [-0.4, -0.2) is 51.5 Å². The first kappa shape index (κ1) is 20.8. The van der Waals surface area contributed by atoms with Crippen LogP contribution in [0.3, 0.4) is 0 Å². The molecule has 0 aliphatic carbocycles. The molecule has 0 bridgehead atoms. The lowest BCUT2D eigenvalue weighted by Crippen LogP contribution is -2.59. The smallest absolute Gasteiger partial charge is 0.255 e. The summed E-state index contributed by atoms with van der Waals surface area (Å²) in [5, 5.41) is 11.8. The van der Waals surface area contributed by atoms with E-state index in [0.717, 1.165) is 57.5 Å². The number of carbonyl (C=O) groups is 1. The SMILES string of the molecule is CCCn1ncc(CN2CCC3(CC2)C[C@]2(CO3)NC(=O)c3cc(Cl)ccc3N2)c1C. The Morgan fingerprint density at radius 2 is 2.06 bits per heavy atom. The molecule has 8 heteroatoms. The number of benzene rings is 1. The monoisotopic (exact) mass is 443 g/mol. The van der Waals surface area contributed by atoms with Crippen molar-refractivity contribution in [2.24, 2.45) is 0 Å². The number of anilines is 1. The minimum absolute atomic E-state index is 0.0890. The minimum Gasteiger partial charge on any atom is -0.370 e. The molecule has 2 N–H and O–H groups in total. The van der Waals surface area contributed by atoms with Crippen molar-refractivity contribution in [1.29, 1.82) is 0 Å². The Morgan fingerprint density at radius 3 is 2.84 bits per heavy atom. The number of rotatable bonds is 4. The topological polar surface area (TPSA) is 71.4 Å². The average Bonchev–Trinajstić information content (AvgIpc) is 3.26. The Morgan fingerprint density at radius 1 is 1.26 bits per heavy atom. The number of aromatic nitrogens is 2. The van der Waals surface area contributed by atoms with Crippen LogP contribution in [0, 0.1) is 6.92 Å². The van der Waals surface area contributed by atoms with E-state index in [1.54, 1.807) is 6.07 Å². The number of ether oxygens (including phenoxy) is 1. The molecule has 1 aromatic carbocycles. The lowest BCUT2D eigenvalue weighted by molar-refractivity contribution is -0.0452. The highest BCUT2D eigenvalue weighted by Gasteiger charge is 2.53. The van der Waals surface area contributed by atoms with Gasteiger partial charge >= 0.3 is 0 Å². The number of fused-ring (bicyclic) bond motifs is 1. The molecule has 1 atom stereocenters. The third-order valence-electron chi connectivity index (χ3n) is 7.00. The summed E-state index contributed by atoms with van der Waals surface area (Å²) in [7, 11) is 0. The number of nitrogens with zero attached hydrogens (tertiary/aromatic N) is 3. The van der Waals surface area contributed by atoms with Gasteiger partial charge in [0.15, 0.2) is 0 Å². The normalized spacial score (nSPS) is 24.9. The highest BCUT2D eigenvalue weighted by atomic mass is 35.5. The predicted octanol–water partition coefficient (Wildman–Crippen LogP) is 3.56. The van der Waals surface area contributed by atoms with Crippen molar-refractivity contribution in [3.8, 4) is 0 Å². The van der Waals surface area contributed by atoms with Crippen LogP contribution in [0.5, 0.6) is 0 Å². The molecule has 3 aliphatic heterocycles. The Balaban J connectivity index is 1.23. The number of aryl methyl sites for hydroxylation is 1. The summed E-state index contributed by atoms with van der Waals surface area (Å²) in [6.45, 7) is 8.68. The number of amides is 1. The van der Waals surface area contributed by atoms with Crippen molar-refractivity contribution in [3.63, 3.8) is 0 Å². The first-order chi connectivity index (χ1) is 14.9. The maximum atomic E-state index is 12.7. The van der Waals surface area contributed by atoms with E-state index in [1.165, 1.54) is 11.3 Å². The molecule has 2 saturated heterocycles. The van der Waals surface area contributed by atoms with Crippen LogP contribution >= 0.6 is 11.6 Å². The summed E-state index contributed by atoms with van der Waals surface area (Å²) in [5.41, 5.74) is 3.26. The molecule has 2 spiro atoms. The molecular weight excluding hydrogens is 414 g/mol. The zero-order valence-electron chi connectivity index (χ0n) is 18.2. The largest absolute Gasteiger partial charge is 0.370 e. The van der Waals surface area contributed by atoms with Gasteiger partial charge in [-0.1, -0.05) is 18.5 Å². The fourth-order valence-electron chi connectivity index (χ4n) is 5.23. The van der Waals surface area contributed by atoms with Crippen molar-refractivity contribution in [3.05, 3.63) is 46.2 Å². The van der Waals surface area contributed by atoms with E-state index in [-0.39, 0.29) is 11.5 Å². The molecule has 5 rings (SSSR count). The third-order valence-corrected chi connectivity index (χ3v) is 7.24. The van der Waals surface area contributed by atoms with Gasteiger partial charge in [-0.25, -0.2) is 0 Å². The summed E-state index contributed by atoms with van der Waals surface area (Å²) in [6, 6.07) is 5.40. The molecule has 4 heterocycles. The molecule has 0 saturated carbocycles. The van der Waals surface area contributed by atoms with E-state index in [1.807, 2.05) is 18.3 Å². The lowest BCUT2D eigenvalue weighted by Gasteiger charge is -2.41. The molecule has 2 fully saturated rings. The molecule has 166 valence electrons. The molecule has 31 heavy (non-hydrogen) atoms. The van der Waals surface area contributed by atoms with E-state index >= 15 is 0 Å². The lowest BCUT2D eigenvalue weighted by atomic mass is 9.84. The Hall–Kier alpha value is -2.09. The van der Waals surface area contributed by atoms with Crippen molar-refractivity contribution in [1.82, 2.24) is 20.0 Å². The molecule has 0 unspecified atom stereocenters. The highest BCUT2D eigenvalue weighted by Crippen LogP contribution is 2.43. The van der Waals surface area contributed by atoms with Gasteiger partial charge in [0.2, 0.25) is 0 Å². The van der Waals surface area contributed by atoms with Crippen LogP contribution < -0.4 is 10.6 Å². The molecule has 0 radical (unpaired) electrons. The molecular formula is C23H30ClN5O2. The van der Waals surface area contributed by atoms with E-state index in [2.05, 4.69) is 39.2 Å². The fourth-order valence-corrected chi connectivity index (χ4v) is 5.41. The van der Waals surface area contributed by atoms with Gasteiger partial charge in [0.1, 0.15) is 5.66 Å². The number of likely N-dealkylation sites (tertiary alicyclic amines) is 1. The number of halogens is 1. The van der Waals surface area contributed by atoms with Crippen LogP contribution in [0.4, 0.5) is 5.69 Å². The van der Waals surface area contributed by atoms with Crippen molar-refractivity contribution >= 4 is 23.2 Å². The van der Waals surface area contributed by atoms with Gasteiger partial charge in [0, 0.05) is 54.6 Å². The number of nitrogens with one attached hydrogen (secondary N) is 2. The van der Waals surface area contributed by atoms with Gasteiger partial charge < -0.3 is 15.4 Å². The Kier molecular flexibility index (Phi) is 5.23. The zero-order valence-corrected chi connectivity index (χ0v) is 19.0. The first-order valence-electron chi connectivity index (χ1n) is 11.2. The summed E-state index contributed by atoms with van der Waals surface area (Å²) >= 11 is 6.07. The van der Waals surface area contributed by atoms with Crippen molar-refractivity contribution in [2.45, 2.75) is 63.9 Å². The van der Waals surface area contributed by atoms with Crippen LogP contribution in [0.15, 0.2) is 24.4 Å². The summed E-state index contributed by atoms with van der Waals surface area (Å²) in [6.07, 6.45) is 5.80. The second kappa shape index (κ2) is 7.80. The molecule has 1 amide bonds. The number of piperidine rings is 1. The fraction of sp³-hybridized carbons (Fsp3) is 0.565. The van der Waals surface area contributed by atoms with Gasteiger partial charge in [-0.3, -0.25) is 14.4 Å². The maximum absolute atomic E-state index is 12.7. The summed E-state index contributed by atoms with van der Waals surface area (Å²) in [5.74, 6) is -0.0890. The van der Waals surface area contributed by atoms with Crippen molar-refractivity contribution < 1.29 is 9.53 Å². The van der Waals surface area contributed by atoms with E-state index in [4.69, 9.17) is 16.3 Å². The van der Waals surface area contributed by atoms with Gasteiger partial charge in [-0.05, 0) is 44.4 Å². The van der Waals surface area contributed by atoms with Crippen molar-refractivity contribution in [2.75, 3.05) is 25.0 Å². The molecule has 7 nitrogen and oxygen atoms in total. The highest BCUT2D eigenvalue weighted by molar-refractivity contribution is 6.31. The Bertz CT molecular complexity index is 998. The van der Waals surface area contributed by atoms with Gasteiger partial charge in [0.25, 0.3) is 5.91 Å². The standard InChI is InChI=1S/C23H30ClN5O2/c1-3-8-29-16(2)17(12-25-29)13-28-9-6-22(7-10-28)14-23(15-31-22)26-20-5-4-18(24)11-19(20)21(30)27-23/h4-5,11-12,26H,3,6-10,13-15H2,1-2H3,(H,27,30)/t23-/m1/s1. The Labute approximate surface area is 188 Å². The molecule has 3 aliphatic rings. The van der Waals surface area contributed by atoms with E-state index < -0.39 is 5.66 Å². The van der Waals surface area contributed by atoms with E-state index in [0.29, 0.717) is 17.2 Å². The molecule has 1 aromatic heterocycles. The minimum atomic E-state index is -0.544. The number of carbonyl (C=O) groups excluding carboxylic acids is 1. The molecule has 2 aromatic rings. The second-order valence-corrected chi connectivity index (χ2v) is 9.69. The maximum Gasteiger partial charge on any atom is 0.255 e. The van der Waals surface area contributed by atoms with Crippen LogP contribution in [-0.2, 0) is 17.8 Å². The summed E-state index contributed by atoms with van der Waals surface area (Å²) in [4.78, 5) is 15.2. The number of hydrogen-bond donors (Lipinski definition) is 2. The average molecular weight is 444 g/mol. The van der Waals surface area contributed by atoms with Crippen LogP contribution in [0.25, 0.3) is 0 Å². The summed E-state index contributed by atoms with van der Waals surface area (Å²) < 4.78 is 8.48. The number of hydrogen-bond acceptors (Lipinski definition) is 5. The van der Waals surface area contributed by atoms with Gasteiger partial charge in [-0.2, -0.15) is 5.10 Å².